The summed E-state index contributed by atoms with van der Waals surface area (Å²) in [5, 5.41) is 0. The van der Waals surface area contributed by atoms with E-state index in [-0.39, 0.29) is 5.54 Å². The van der Waals surface area contributed by atoms with Crippen molar-refractivity contribution in [3.05, 3.63) is 11.8 Å². The van der Waals surface area contributed by atoms with Crippen LogP contribution >= 0.6 is 0 Å². The average molecular weight is 194 g/mol. The number of aryl methyl sites for hydroxylation is 1. The number of hydrogen-bond donors (Lipinski definition) is 1. The molecule has 2 N–H and O–H groups in total. The molecule has 0 atom stereocenters. The lowest BCUT2D eigenvalue weighted by atomic mass is 10.1. The van der Waals surface area contributed by atoms with Crippen LogP contribution in [0.3, 0.4) is 0 Å². The van der Waals surface area contributed by atoms with Gasteiger partial charge in [-0.25, -0.2) is 4.98 Å². The van der Waals surface area contributed by atoms with Gasteiger partial charge in [-0.1, -0.05) is 0 Å². The van der Waals surface area contributed by atoms with Crippen molar-refractivity contribution in [2.75, 3.05) is 17.7 Å². The van der Waals surface area contributed by atoms with E-state index in [1.165, 1.54) is 0 Å². The zero-order valence-corrected chi connectivity index (χ0v) is 9.50. The van der Waals surface area contributed by atoms with Crippen LogP contribution in [0.4, 0.5) is 11.8 Å². The summed E-state index contributed by atoms with van der Waals surface area (Å²) >= 11 is 0. The lowest BCUT2D eigenvalue weighted by Crippen LogP contribution is -2.38. The zero-order valence-electron chi connectivity index (χ0n) is 9.50. The van der Waals surface area contributed by atoms with E-state index in [9.17, 15) is 0 Å². The molecule has 0 fully saturated rings. The van der Waals surface area contributed by atoms with Crippen LogP contribution in [0.5, 0.6) is 0 Å². The molecule has 0 spiro atoms. The maximum Gasteiger partial charge on any atom is 0.222 e. The van der Waals surface area contributed by atoms with Gasteiger partial charge in [-0.05, 0) is 27.7 Å². The molecule has 1 heterocycles. The third-order valence-corrected chi connectivity index (χ3v) is 2.21. The Hall–Kier alpha value is -1.32. The van der Waals surface area contributed by atoms with Gasteiger partial charge in [0.05, 0.1) is 0 Å². The number of rotatable bonds is 1. The van der Waals surface area contributed by atoms with Crippen LogP contribution in [-0.4, -0.2) is 22.6 Å². The molecule has 1 rings (SSSR count). The fraction of sp³-hybridized carbons (Fsp3) is 0.600. The highest BCUT2D eigenvalue weighted by Crippen LogP contribution is 2.20. The van der Waals surface area contributed by atoms with Crippen molar-refractivity contribution < 1.29 is 0 Å². The summed E-state index contributed by atoms with van der Waals surface area (Å²) in [4.78, 5) is 10.3. The standard InChI is InChI=1S/C10H18N4/c1-7-6-8(13-9(11)12-7)14(5)10(2,3)4/h6H,1-5H3,(H2,11,12,13). The number of nitrogens with zero attached hydrogens (tertiary/aromatic N) is 3. The van der Waals surface area contributed by atoms with Gasteiger partial charge >= 0.3 is 0 Å². The Morgan fingerprint density at radius 3 is 2.29 bits per heavy atom. The topological polar surface area (TPSA) is 55.0 Å². The Bertz CT molecular complexity index is 307. The summed E-state index contributed by atoms with van der Waals surface area (Å²) < 4.78 is 0. The van der Waals surface area contributed by atoms with E-state index in [2.05, 4.69) is 35.6 Å². The SMILES string of the molecule is Cc1cc(N(C)C(C)(C)C)nc(N)n1. The van der Waals surface area contributed by atoms with Crippen molar-refractivity contribution in [3.63, 3.8) is 0 Å². The van der Waals surface area contributed by atoms with Gasteiger partial charge in [-0.3, -0.25) is 0 Å². The van der Waals surface area contributed by atoms with E-state index in [1.807, 2.05) is 20.0 Å². The molecular weight excluding hydrogens is 176 g/mol. The molecule has 4 nitrogen and oxygen atoms in total. The Balaban J connectivity index is 3.07. The van der Waals surface area contributed by atoms with E-state index < -0.39 is 0 Å². The second-order valence-corrected chi connectivity index (χ2v) is 4.46. The maximum atomic E-state index is 5.59. The van der Waals surface area contributed by atoms with Crippen LogP contribution in [0.25, 0.3) is 0 Å². The van der Waals surface area contributed by atoms with Crippen molar-refractivity contribution in [2.24, 2.45) is 0 Å². The number of aromatic nitrogens is 2. The normalized spacial score (nSPS) is 11.5. The Morgan fingerprint density at radius 2 is 1.86 bits per heavy atom. The number of nitrogens with two attached hydrogens (primary N) is 1. The van der Waals surface area contributed by atoms with Crippen LogP contribution in [-0.2, 0) is 0 Å². The van der Waals surface area contributed by atoms with Gasteiger partial charge in [0.1, 0.15) is 5.82 Å². The Morgan fingerprint density at radius 1 is 1.29 bits per heavy atom. The molecule has 14 heavy (non-hydrogen) atoms. The van der Waals surface area contributed by atoms with Crippen molar-refractivity contribution in [3.8, 4) is 0 Å². The van der Waals surface area contributed by atoms with Crippen LogP contribution < -0.4 is 10.6 Å². The lowest BCUT2D eigenvalue weighted by molar-refractivity contribution is 0.533. The predicted molar refractivity (Wildman–Crippen MR) is 59.3 cm³/mol. The van der Waals surface area contributed by atoms with Crippen LogP contribution in [0.1, 0.15) is 26.5 Å². The monoisotopic (exact) mass is 194 g/mol. The quantitative estimate of drug-likeness (QED) is 0.737. The smallest absolute Gasteiger partial charge is 0.222 e. The second kappa shape index (κ2) is 3.44. The summed E-state index contributed by atoms with van der Waals surface area (Å²) in [6.07, 6.45) is 0. The summed E-state index contributed by atoms with van der Waals surface area (Å²) in [6, 6.07) is 1.93. The minimum Gasteiger partial charge on any atom is -0.368 e. The first kappa shape index (κ1) is 10.8. The molecule has 0 unspecified atom stereocenters. The molecule has 0 saturated heterocycles. The van der Waals surface area contributed by atoms with Crippen molar-refractivity contribution in [1.82, 2.24) is 9.97 Å². The van der Waals surface area contributed by atoms with E-state index in [0.29, 0.717) is 5.95 Å². The Kier molecular flexibility index (Phi) is 2.64. The highest BCUT2D eigenvalue weighted by Gasteiger charge is 2.18. The van der Waals surface area contributed by atoms with Crippen molar-refractivity contribution in [2.45, 2.75) is 33.2 Å². The molecular formula is C10H18N4. The van der Waals surface area contributed by atoms with Crippen LogP contribution in [0, 0.1) is 6.92 Å². The van der Waals surface area contributed by atoms with E-state index in [4.69, 9.17) is 5.73 Å². The van der Waals surface area contributed by atoms with Gasteiger partial charge in [-0.2, -0.15) is 4.98 Å². The molecule has 0 amide bonds. The molecule has 0 aliphatic heterocycles. The van der Waals surface area contributed by atoms with Gasteiger partial charge < -0.3 is 10.6 Å². The first-order valence-corrected chi connectivity index (χ1v) is 4.65. The lowest BCUT2D eigenvalue weighted by Gasteiger charge is -2.33. The number of anilines is 2. The van der Waals surface area contributed by atoms with Crippen molar-refractivity contribution in [1.29, 1.82) is 0 Å². The van der Waals surface area contributed by atoms with Gasteiger partial charge in [-0.15, -0.1) is 0 Å². The number of nitrogen functional groups attached to an aromatic ring is 1. The zero-order chi connectivity index (χ0) is 10.9. The van der Waals surface area contributed by atoms with Crippen molar-refractivity contribution >= 4 is 11.8 Å². The molecule has 4 heteroatoms. The largest absolute Gasteiger partial charge is 0.368 e. The highest BCUT2D eigenvalue weighted by atomic mass is 15.2. The van der Waals surface area contributed by atoms with Gasteiger partial charge in [0.15, 0.2) is 0 Å². The highest BCUT2D eigenvalue weighted by molar-refractivity contribution is 5.44. The van der Waals surface area contributed by atoms with E-state index in [1.54, 1.807) is 0 Å². The summed E-state index contributed by atoms with van der Waals surface area (Å²) in [7, 11) is 2.00. The van der Waals surface area contributed by atoms with E-state index in [0.717, 1.165) is 11.5 Å². The first-order valence-electron chi connectivity index (χ1n) is 4.65. The Labute approximate surface area is 85.2 Å². The molecule has 0 aromatic carbocycles. The summed E-state index contributed by atoms with van der Waals surface area (Å²) in [5.74, 6) is 1.19. The van der Waals surface area contributed by atoms with Gasteiger partial charge in [0, 0.05) is 24.3 Å². The van der Waals surface area contributed by atoms with Crippen LogP contribution in [0.15, 0.2) is 6.07 Å². The molecule has 0 bridgehead atoms. The predicted octanol–water partition coefficient (Wildman–Crippen LogP) is 1.60. The maximum absolute atomic E-state index is 5.59. The molecule has 1 aromatic rings. The second-order valence-electron chi connectivity index (χ2n) is 4.46. The molecule has 0 radical (unpaired) electrons. The third-order valence-electron chi connectivity index (χ3n) is 2.21. The molecule has 0 saturated carbocycles. The third kappa shape index (κ3) is 2.34. The van der Waals surface area contributed by atoms with Crippen LogP contribution in [0.2, 0.25) is 0 Å². The average Bonchev–Trinajstić information content (AvgIpc) is 1.99. The van der Waals surface area contributed by atoms with Gasteiger partial charge in [0.25, 0.3) is 0 Å². The molecule has 1 aromatic heterocycles. The van der Waals surface area contributed by atoms with Gasteiger partial charge in [0.2, 0.25) is 5.95 Å². The summed E-state index contributed by atoms with van der Waals surface area (Å²) in [5.41, 5.74) is 6.52. The number of hydrogen-bond acceptors (Lipinski definition) is 4. The first-order chi connectivity index (χ1) is 6.30. The fourth-order valence-corrected chi connectivity index (χ4v) is 1.09. The molecule has 0 aliphatic rings. The fourth-order valence-electron chi connectivity index (χ4n) is 1.09. The minimum absolute atomic E-state index is 0.0350. The molecule has 78 valence electrons. The minimum atomic E-state index is 0.0350. The summed E-state index contributed by atoms with van der Waals surface area (Å²) in [6.45, 7) is 8.29. The molecule has 0 aliphatic carbocycles. The van der Waals surface area contributed by atoms with E-state index >= 15 is 0 Å².